The minimum absolute atomic E-state index is 0. The molecule has 1 aliphatic rings. The van der Waals surface area contributed by atoms with E-state index >= 15 is 0 Å². The molecule has 4 heteroatoms. The highest BCUT2D eigenvalue weighted by atomic mass is 35.5. The average molecular weight is 300 g/mol. The molecule has 2 aromatic rings. The number of aryl methyl sites for hydroxylation is 1. The van der Waals surface area contributed by atoms with Gasteiger partial charge in [-0.25, -0.2) is 0 Å². The molecule has 0 fully saturated rings. The second-order valence-electron chi connectivity index (χ2n) is 4.47. The molecule has 18 heavy (non-hydrogen) atoms. The molecule has 1 aromatic carbocycles. The Balaban J connectivity index is 0.00000120. The van der Waals surface area contributed by atoms with Gasteiger partial charge in [-0.3, -0.25) is 0 Å². The van der Waals surface area contributed by atoms with Crippen molar-refractivity contribution in [1.29, 1.82) is 0 Å². The van der Waals surface area contributed by atoms with Gasteiger partial charge in [0.1, 0.15) is 0 Å². The van der Waals surface area contributed by atoms with E-state index in [1.165, 1.54) is 29.0 Å². The van der Waals surface area contributed by atoms with Gasteiger partial charge in [-0.2, -0.15) is 0 Å². The van der Waals surface area contributed by atoms with Crippen LogP contribution in [-0.2, 0) is 12.8 Å². The van der Waals surface area contributed by atoms with Crippen LogP contribution in [0, 0.1) is 0 Å². The molecule has 96 valence electrons. The number of halogens is 2. The monoisotopic (exact) mass is 299 g/mol. The first-order valence-electron chi connectivity index (χ1n) is 5.88. The third-order valence-corrected chi connectivity index (χ3v) is 4.45. The first kappa shape index (κ1) is 13.7. The third-order valence-electron chi connectivity index (χ3n) is 3.22. The van der Waals surface area contributed by atoms with Crippen molar-refractivity contribution < 1.29 is 0 Å². The molecule has 1 nitrogen and oxygen atoms in total. The minimum atomic E-state index is 0. The van der Waals surface area contributed by atoms with Gasteiger partial charge in [0.25, 0.3) is 0 Å². The van der Waals surface area contributed by atoms with Crippen molar-refractivity contribution in [1.82, 2.24) is 0 Å². The van der Waals surface area contributed by atoms with Gasteiger partial charge in [-0.05, 0) is 48.4 Å². The van der Waals surface area contributed by atoms with Crippen molar-refractivity contribution in [3.8, 4) is 0 Å². The summed E-state index contributed by atoms with van der Waals surface area (Å²) in [5.74, 6) is 0. The zero-order valence-electron chi connectivity index (χ0n) is 9.86. The Bertz CT molecular complexity index is 507. The lowest BCUT2D eigenvalue weighted by molar-refractivity contribution is 0.634. The van der Waals surface area contributed by atoms with Crippen LogP contribution in [0.4, 0.5) is 5.69 Å². The van der Waals surface area contributed by atoms with Gasteiger partial charge in [0.2, 0.25) is 0 Å². The number of nitrogens with one attached hydrogen (secondary N) is 1. The molecular weight excluding hydrogens is 285 g/mol. The number of hydrogen-bond donors (Lipinski definition) is 1. The topological polar surface area (TPSA) is 12.0 Å². The molecule has 0 amide bonds. The lowest BCUT2D eigenvalue weighted by Crippen LogP contribution is -2.26. The lowest BCUT2D eigenvalue weighted by Gasteiger charge is -2.24. The Labute approximate surface area is 123 Å². The van der Waals surface area contributed by atoms with E-state index in [4.69, 9.17) is 11.6 Å². The second-order valence-corrected chi connectivity index (χ2v) is 5.91. The molecule has 0 aliphatic carbocycles. The maximum Gasteiger partial charge on any atom is 0.0483 e. The maximum absolute atomic E-state index is 5.89. The quantitative estimate of drug-likeness (QED) is 0.840. The van der Waals surface area contributed by atoms with Crippen molar-refractivity contribution in [2.24, 2.45) is 0 Å². The zero-order chi connectivity index (χ0) is 11.7. The lowest BCUT2D eigenvalue weighted by atomic mass is 9.98. The summed E-state index contributed by atoms with van der Waals surface area (Å²) in [5.41, 5.74) is 2.69. The Kier molecular flexibility index (Phi) is 4.55. The number of thiophene rings is 1. The smallest absolute Gasteiger partial charge is 0.0483 e. The standard InChI is InChI=1S/C14H14ClNS.ClH/c15-11-3-1-10(2-4-11)9-12-5-6-14-13(16-12)7-8-17-14;/h1-4,7-8,12,16H,5-6,9H2;1H. The average Bonchev–Trinajstić information content (AvgIpc) is 2.79. The molecule has 2 heterocycles. The fraction of sp³-hybridized carbons (Fsp3) is 0.286. The number of benzene rings is 1. The van der Waals surface area contributed by atoms with Gasteiger partial charge in [-0.1, -0.05) is 23.7 Å². The number of anilines is 1. The first-order valence-corrected chi connectivity index (χ1v) is 7.14. The Morgan fingerprint density at radius 1 is 1.22 bits per heavy atom. The Morgan fingerprint density at radius 2 is 2.00 bits per heavy atom. The van der Waals surface area contributed by atoms with E-state index in [2.05, 4.69) is 28.9 Å². The van der Waals surface area contributed by atoms with Crippen LogP contribution in [-0.4, -0.2) is 6.04 Å². The van der Waals surface area contributed by atoms with E-state index in [0.29, 0.717) is 6.04 Å². The fourth-order valence-corrected chi connectivity index (χ4v) is 3.30. The molecule has 1 unspecified atom stereocenters. The summed E-state index contributed by atoms with van der Waals surface area (Å²) in [5, 5.41) is 6.60. The molecule has 0 saturated carbocycles. The van der Waals surface area contributed by atoms with Crippen LogP contribution in [0.15, 0.2) is 35.7 Å². The van der Waals surface area contributed by atoms with Gasteiger partial charge >= 0.3 is 0 Å². The van der Waals surface area contributed by atoms with Crippen LogP contribution < -0.4 is 5.32 Å². The number of rotatable bonds is 2. The second kappa shape index (κ2) is 5.96. The molecule has 0 bridgehead atoms. The first-order chi connectivity index (χ1) is 8.31. The Morgan fingerprint density at radius 3 is 2.78 bits per heavy atom. The van der Waals surface area contributed by atoms with Gasteiger partial charge in [0, 0.05) is 21.6 Å². The van der Waals surface area contributed by atoms with Crippen molar-refractivity contribution in [3.05, 3.63) is 51.2 Å². The summed E-state index contributed by atoms with van der Waals surface area (Å²) < 4.78 is 0. The molecule has 1 aromatic heterocycles. The molecule has 3 rings (SSSR count). The van der Waals surface area contributed by atoms with E-state index in [0.717, 1.165) is 11.4 Å². The van der Waals surface area contributed by atoms with Crippen molar-refractivity contribution in [2.45, 2.75) is 25.3 Å². The summed E-state index contributed by atoms with van der Waals surface area (Å²) in [6.07, 6.45) is 3.50. The molecule has 0 radical (unpaired) electrons. The van der Waals surface area contributed by atoms with Gasteiger partial charge in [0.05, 0.1) is 0 Å². The number of fused-ring (bicyclic) bond motifs is 1. The molecule has 1 atom stereocenters. The largest absolute Gasteiger partial charge is 0.381 e. The minimum Gasteiger partial charge on any atom is -0.381 e. The number of hydrogen-bond acceptors (Lipinski definition) is 2. The SMILES string of the molecule is Cl.Clc1ccc(CC2CCc3sccc3N2)cc1. The molecule has 0 spiro atoms. The van der Waals surface area contributed by atoms with Crippen LogP contribution in [0.5, 0.6) is 0 Å². The van der Waals surface area contributed by atoms with E-state index in [1.807, 2.05) is 23.5 Å². The van der Waals surface area contributed by atoms with E-state index in [9.17, 15) is 0 Å². The molecule has 0 saturated heterocycles. The van der Waals surface area contributed by atoms with Crippen molar-refractivity contribution >= 4 is 41.0 Å². The van der Waals surface area contributed by atoms with E-state index < -0.39 is 0 Å². The fourth-order valence-electron chi connectivity index (χ4n) is 2.32. The van der Waals surface area contributed by atoms with Gasteiger partial charge in [0.15, 0.2) is 0 Å². The summed E-state index contributed by atoms with van der Waals surface area (Å²) in [6.45, 7) is 0. The predicted octanol–water partition coefficient (Wildman–Crippen LogP) is 4.79. The normalized spacial score (nSPS) is 17.5. The molecule has 1 N–H and O–H groups in total. The summed E-state index contributed by atoms with van der Waals surface area (Å²) in [6, 6.07) is 10.9. The van der Waals surface area contributed by atoms with E-state index in [1.54, 1.807) is 0 Å². The summed E-state index contributed by atoms with van der Waals surface area (Å²) >= 11 is 7.75. The molecule has 1 aliphatic heterocycles. The van der Waals surface area contributed by atoms with Gasteiger partial charge < -0.3 is 5.32 Å². The van der Waals surface area contributed by atoms with Crippen molar-refractivity contribution in [2.75, 3.05) is 5.32 Å². The van der Waals surface area contributed by atoms with E-state index in [-0.39, 0.29) is 12.4 Å². The predicted molar refractivity (Wildman–Crippen MR) is 82.5 cm³/mol. The van der Waals surface area contributed by atoms with Crippen LogP contribution in [0.1, 0.15) is 16.9 Å². The van der Waals surface area contributed by atoms with Gasteiger partial charge in [-0.15, -0.1) is 23.7 Å². The highest BCUT2D eigenvalue weighted by Gasteiger charge is 2.18. The summed E-state index contributed by atoms with van der Waals surface area (Å²) in [4.78, 5) is 1.50. The van der Waals surface area contributed by atoms with Crippen LogP contribution in [0.25, 0.3) is 0 Å². The molecular formula is C14H15Cl2NS. The van der Waals surface area contributed by atoms with Crippen molar-refractivity contribution in [3.63, 3.8) is 0 Å². The summed E-state index contributed by atoms with van der Waals surface area (Å²) in [7, 11) is 0. The van der Waals surface area contributed by atoms with Crippen LogP contribution >= 0.6 is 35.3 Å². The maximum atomic E-state index is 5.89. The Hall–Kier alpha value is -0.700. The third kappa shape index (κ3) is 3.00. The van der Waals surface area contributed by atoms with Crippen LogP contribution in [0.2, 0.25) is 5.02 Å². The van der Waals surface area contributed by atoms with Crippen LogP contribution in [0.3, 0.4) is 0 Å². The zero-order valence-corrected chi connectivity index (χ0v) is 12.2. The highest BCUT2D eigenvalue weighted by molar-refractivity contribution is 7.10. The highest BCUT2D eigenvalue weighted by Crippen LogP contribution is 2.30.